The van der Waals surface area contributed by atoms with Crippen LogP contribution in [0.3, 0.4) is 0 Å². The fraction of sp³-hybridized carbons (Fsp3) is 0.417. The lowest BCUT2D eigenvalue weighted by Gasteiger charge is -2.31. The molecule has 1 atom stereocenters. The molecule has 4 nitrogen and oxygen atoms in total. The molecular weight excluding hydrogens is 384 g/mol. The molecule has 0 aliphatic carbocycles. The molecule has 1 saturated heterocycles. The summed E-state index contributed by atoms with van der Waals surface area (Å²) in [7, 11) is -3.61. The van der Waals surface area contributed by atoms with E-state index in [0.29, 0.717) is 18.1 Å². The third-order valence-corrected chi connectivity index (χ3v) is 6.47. The summed E-state index contributed by atoms with van der Waals surface area (Å²) >= 11 is 14.3. The van der Waals surface area contributed by atoms with E-state index in [-0.39, 0.29) is 15.8 Å². The van der Waals surface area contributed by atoms with E-state index in [4.69, 9.17) is 29.6 Å². The summed E-state index contributed by atoms with van der Waals surface area (Å²) in [6.07, 6.45) is 1.57. The highest BCUT2D eigenvalue weighted by molar-refractivity contribution is 9.10. The third kappa shape index (κ3) is 3.33. The number of rotatable bonds is 3. The molecular formula is C12H14BrClN2O2S2. The van der Waals surface area contributed by atoms with Crippen molar-refractivity contribution < 1.29 is 8.42 Å². The molecule has 0 spiro atoms. The van der Waals surface area contributed by atoms with E-state index in [2.05, 4.69) is 15.9 Å². The summed E-state index contributed by atoms with van der Waals surface area (Å²) in [5.41, 5.74) is 5.64. The number of nitrogens with zero attached hydrogens (tertiary/aromatic N) is 1. The second-order valence-corrected chi connectivity index (χ2v) is 8.38. The van der Waals surface area contributed by atoms with Crippen molar-refractivity contribution in [3.05, 3.63) is 27.7 Å². The van der Waals surface area contributed by atoms with Crippen LogP contribution in [0.15, 0.2) is 27.6 Å². The maximum atomic E-state index is 12.6. The van der Waals surface area contributed by atoms with E-state index >= 15 is 0 Å². The zero-order valence-corrected chi connectivity index (χ0v) is 14.5. The van der Waals surface area contributed by atoms with Gasteiger partial charge in [-0.1, -0.05) is 39.7 Å². The maximum Gasteiger partial charge on any atom is 0.244 e. The number of hydrogen-bond acceptors (Lipinski definition) is 3. The van der Waals surface area contributed by atoms with Crippen LogP contribution in [0, 0.1) is 5.92 Å². The van der Waals surface area contributed by atoms with Crippen LogP contribution in [-0.2, 0) is 10.0 Å². The quantitative estimate of drug-likeness (QED) is 0.797. The van der Waals surface area contributed by atoms with Crippen molar-refractivity contribution in [1.82, 2.24) is 4.31 Å². The fourth-order valence-electron chi connectivity index (χ4n) is 2.22. The number of hydrogen-bond donors (Lipinski definition) is 1. The number of halogens is 2. The molecule has 1 unspecified atom stereocenters. The summed E-state index contributed by atoms with van der Waals surface area (Å²) in [6, 6.07) is 4.74. The summed E-state index contributed by atoms with van der Waals surface area (Å²) in [5, 5.41) is 0.205. The van der Waals surface area contributed by atoms with Gasteiger partial charge in [-0.15, -0.1) is 0 Å². The molecule has 1 aliphatic rings. The first kappa shape index (κ1) is 16.2. The largest absolute Gasteiger partial charge is 0.393 e. The predicted octanol–water partition coefficient (Wildman–Crippen LogP) is 2.79. The minimum absolute atomic E-state index is 0.0669. The van der Waals surface area contributed by atoms with Crippen molar-refractivity contribution in [1.29, 1.82) is 0 Å². The van der Waals surface area contributed by atoms with Crippen molar-refractivity contribution in [2.75, 3.05) is 13.1 Å². The first-order chi connectivity index (χ1) is 9.32. The molecule has 1 heterocycles. The van der Waals surface area contributed by atoms with Gasteiger partial charge in [0, 0.05) is 23.5 Å². The zero-order chi connectivity index (χ0) is 14.9. The molecule has 8 heteroatoms. The molecule has 0 aromatic heterocycles. The molecule has 0 radical (unpaired) electrons. The van der Waals surface area contributed by atoms with Crippen LogP contribution in [0.2, 0.25) is 5.02 Å². The van der Waals surface area contributed by atoms with Gasteiger partial charge in [-0.05, 0) is 31.0 Å². The monoisotopic (exact) mass is 396 g/mol. The predicted molar refractivity (Wildman–Crippen MR) is 87.4 cm³/mol. The molecule has 0 bridgehead atoms. The zero-order valence-electron chi connectivity index (χ0n) is 10.6. The van der Waals surface area contributed by atoms with Gasteiger partial charge in [0.15, 0.2) is 0 Å². The SMILES string of the molecule is NC(=S)C1CCCN(S(=O)(=O)c2ccc(Br)cc2Cl)C1. The lowest BCUT2D eigenvalue weighted by molar-refractivity contribution is 0.312. The number of thiocarbonyl (C=S) groups is 1. The Hall–Kier alpha value is -0.210. The van der Waals surface area contributed by atoms with Gasteiger partial charge in [-0.25, -0.2) is 8.42 Å². The second kappa shape index (κ2) is 6.27. The van der Waals surface area contributed by atoms with Gasteiger partial charge in [0.1, 0.15) is 4.90 Å². The van der Waals surface area contributed by atoms with Crippen molar-refractivity contribution >= 4 is 54.8 Å². The van der Waals surface area contributed by atoms with Gasteiger partial charge in [-0.2, -0.15) is 4.31 Å². The van der Waals surface area contributed by atoms with Gasteiger partial charge >= 0.3 is 0 Å². The van der Waals surface area contributed by atoms with E-state index in [0.717, 1.165) is 17.3 Å². The molecule has 1 fully saturated rings. The van der Waals surface area contributed by atoms with Crippen molar-refractivity contribution in [3.8, 4) is 0 Å². The Labute approximate surface area is 137 Å². The minimum Gasteiger partial charge on any atom is -0.393 e. The molecule has 0 saturated carbocycles. The number of piperidine rings is 1. The number of sulfonamides is 1. The lowest BCUT2D eigenvalue weighted by Crippen LogP contribution is -2.43. The van der Waals surface area contributed by atoms with Crippen molar-refractivity contribution in [2.45, 2.75) is 17.7 Å². The molecule has 1 aromatic carbocycles. The van der Waals surface area contributed by atoms with Crippen LogP contribution in [0.25, 0.3) is 0 Å². The van der Waals surface area contributed by atoms with Crippen LogP contribution in [0.1, 0.15) is 12.8 Å². The summed E-state index contributed by atoms with van der Waals surface area (Å²) < 4.78 is 27.4. The maximum absolute atomic E-state index is 12.6. The average Bonchev–Trinajstić information content (AvgIpc) is 2.38. The molecule has 110 valence electrons. The molecule has 2 rings (SSSR count). The Morgan fingerprint density at radius 1 is 1.50 bits per heavy atom. The van der Waals surface area contributed by atoms with Crippen molar-refractivity contribution in [3.63, 3.8) is 0 Å². The molecule has 1 aliphatic heterocycles. The lowest BCUT2D eigenvalue weighted by atomic mass is 10.0. The van der Waals surface area contributed by atoms with Gasteiger partial charge in [0.2, 0.25) is 10.0 Å². The Bertz CT molecular complexity index is 636. The summed E-state index contributed by atoms with van der Waals surface area (Å²) in [5.74, 6) is -0.0669. The normalized spacial score (nSPS) is 20.8. The summed E-state index contributed by atoms with van der Waals surface area (Å²) in [4.78, 5) is 0.484. The van der Waals surface area contributed by atoms with Crippen LogP contribution in [0.5, 0.6) is 0 Å². The van der Waals surface area contributed by atoms with Gasteiger partial charge in [-0.3, -0.25) is 0 Å². The molecule has 2 N–H and O–H groups in total. The Kier molecular flexibility index (Phi) is 5.07. The highest BCUT2D eigenvalue weighted by atomic mass is 79.9. The topological polar surface area (TPSA) is 63.4 Å². The van der Waals surface area contributed by atoms with Crippen LogP contribution < -0.4 is 5.73 Å². The standard InChI is InChI=1S/C12H14BrClN2O2S2/c13-9-3-4-11(10(14)6-9)20(17,18)16-5-1-2-8(7-16)12(15)19/h3-4,6,8H,1-2,5,7H2,(H2,15,19). The van der Waals surface area contributed by atoms with Crippen LogP contribution >= 0.6 is 39.7 Å². The van der Waals surface area contributed by atoms with E-state index in [1.165, 1.54) is 10.4 Å². The molecule has 20 heavy (non-hydrogen) atoms. The molecule has 0 amide bonds. The number of benzene rings is 1. The van der Waals surface area contributed by atoms with Crippen LogP contribution in [0.4, 0.5) is 0 Å². The second-order valence-electron chi connectivity index (χ2n) is 4.68. The smallest absolute Gasteiger partial charge is 0.244 e. The Balaban J connectivity index is 2.32. The average molecular weight is 398 g/mol. The highest BCUT2D eigenvalue weighted by Crippen LogP contribution is 2.30. The van der Waals surface area contributed by atoms with Crippen molar-refractivity contribution in [2.24, 2.45) is 11.7 Å². The van der Waals surface area contributed by atoms with Gasteiger partial charge < -0.3 is 5.73 Å². The first-order valence-corrected chi connectivity index (χ1v) is 9.09. The summed E-state index contributed by atoms with van der Waals surface area (Å²) in [6.45, 7) is 0.790. The minimum atomic E-state index is -3.61. The number of nitrogens with two attached hydrogens (primary N) is 1. The van der Waals surface area contributed by atoms with E-state index in [1.807, 2.05) is 0 Å². The highest BCUT2D eigenvalue weighted by Gasteiger charge is 2.32. The third-order valence-electron chi connectivity index (χ3n) is 3.30. The fourth-order valence-corrected chi connectivity index (χ4v) is 4.94. The van der Waals surface area contributed by atoms with E-state index in [1.54, 1.807) is 12.1 Å². The van der Waals surface area contributed by atoms with E-state index < -0.39 is 10.0 Å². The first-order valence-electron chi connectivity index (χ1n) is 6.07. The van der Waals surface area contributed by atoms with Gasteiger partial charge in [0.25, 0.3) is 0 Å². The van der Waals surface area contributed by atoms with Gasteiger partial charge in [0.05, 0.1) is 10.0 Å². The van der Waals surface area contributed by atoms with Crippen LogP contribution in [-0.4, -0.2) is 30.8 Å². The molecule has 1 aromatic rings. The Morgan fingerprint density at radius 2 is 2.20 bits per heavy atom. The Morgan fingerprint density at radius 3 is 2.80 bits per heavy atom. The van der Waals surface area contributed by atoms with E-state index in [9.17, 15) is 8.42 Å².